The van der Waals surface area contributed by atoms with Gasteiger partial charge in [-0.1, -0.05) is 6.92 Å². The molecule has 13 heteroatoms. The van der Waals surface area contributed by atoms with Crippen molar-refractivity contribution in [2.24, 2.45) is 0 Å². The Morgan fingerprint density at radius 1 is 1.07 bits per heavy atom. The highest BCUT2D eigenvalue weighted by atomic mass is 32.2. The fourth-order valence-corrected chi connectivity index (χ4v) is 6.96. The molecular weight excluding hydrogens is 398 g/mol. The first-order valence-corrected chi connectivity index (χ1v) is 12.2. The van der Waals surface area contributed by atoms with Crippen LogP contribution in [0.4, 0.5) is 0 Å². The molecule has 0 aromatic heterocycles. The van der Waals surface area contributed by atoms with Gasteiger partial charge in [0.1, 0.15) is 24.1 Å². The van der Waals surface area contributed by atoms with Crippen molar-refractivity contribution in [3.05, 3.63) is 0 Å². The van der Waals surface area contributed by atoms with Gasteiger partial charge in [-0.2, -0.15) is 0 Å². The Bertz CT molecular complexity index is 661. The van der Waals surface area contributed by atoms with Crippen LogP contribution in [0.25, 0.3) is 0 Å². The fraction of sp³-hybridized carbons (Fsp3) is 1.00. The largest absolute Gasteiger partial charge is 0.366 e. The maximum Gasteiger partial charge on any atom is 0.230 e. The summed E-state index contributed by atoms with van der Waals surface area (Å²) in [6.45, 7) is 1.91. The highest BCUT2D eigenvalue weighted by Gasteiger charge is 2.42. The highest BCUT2D eigenvalue weighted by molar-refractivity contribution is 7.95. The second-order valence-electron chi connectivity index (χ2n) is 6.53. The number of methoxy groups -OCH3 is 2. The van der Waals surface area contributed by atoms with E-state index in [2.05, 4.69) is 26.0 Å². The molecule has 0 bridgehead atoms. The van der Waals surface area contributed by atoms with E-state index in [0.717, 1.165) is 0 Å². The molecule has 2 aliphatic rings. The molecule has 27 heavy (non-hydrogen) atoms. The molecule has 11 nitrogen and oxygen atoms in total. The van der Waals surface area contributed by atoms with Crippen LogP contribution in [0.3, 0.4) is 0 Å². The third-order valence-electron chi connectivity index (χ3n) is 4.83. The van der Waals surface area contributed by atoms with Gasteiger partial charge in [-0.25, -0.2) is 21.6 Å². The monoisotopic (exact) mass is 429 g/mol. The van der Waals surface area contributed by atoms with Gasteiger partial charge in [-0.15, -0.1) is 0 Å². The van der Waals surface area contributed by atoms with E-state index in [1.807, 2.05) is 0 Å². The summed E-state index contributed by atoms with van der Waals surface area (Å²) in [5, 5.41) is 9.90. The first-order valence-electron chi connectivity index (χ1n) is 8.98. The van der Waals surface area contributed by atoms with E-state index >= 15 is 0 Å². The smallest absolute Gasteiger partial charge is 0.230 e. The van der Waals surface area contributed by atoms with Gasteiger partial charge in [0.15, 0.2) is 9.84 Å². The van der Waals surface area contributed by atoms with Crippen LogP contribution in [0.5, 0.6) is 0 Å². The lowest BCUT2D eigenvalue weighted by atomic mass is 10.2. The molecule has 2 heterocycles. The zero-order valence-corrected chi connectivity index (χ0v) is 17.5. The predicted molar refractivity (Wildman–Crippen MR) is 101 cm³/mol. The summed E-state index contributed by atoms with van der Waals surface area (Å²) >= 11 is 0. The summed E-state index contributed by atoms with van der Waals surface area (Å²) in [6.07, 6.45) is 0.624. The number of ether oxygens (including phenoxy) is 2. The molecule has 0 saturated carbocycles. The Morgan fingerprint density at radius 3 is 2.26 bits per heavy atom. The maximum absolute atomic E-state index is 12.7. The average Bonchev–Trinajstić information content (AvgIpc) is 2.67. The zero-order valence-electron chi connectivity index (χ0n) is 15.9. The number of hydrogen-bond acceptors (Lipinski definition) is 10. The lowest BCUT2D eigenvalue weighted by molar-refractivity contribution is -0.0594. The van der Waals surface area contributed by atoms with Crippen molar-refractivity contribution in [3.63, 3.8) is 0 Å². The minimum atomic E-state index is -3.89. The molecule has 4 unspecified atom stereocenters. The highest BCUT2D eigenvalue weighted by Crippen LogP contribution is 2.21. The van der Waals surface area contributed by atoms with Crippen LogP contribution >= 0.6 is 0 Å². The number of sulfone groups is 1. The maximum atomic E-state index is 12.7. The Kier molecular flexibility index (Phi) is 8.39. The zero-order chi connectivity index (χ0) is 20.1. The van der Waals surface area contributed by atoms with Crippen LogP contribution in [-0.2, 0) is 29.3 Å². The van der Waals surface area contributed by atoms with Crippen molar-refractivity contribution in [1.82, 2.24) is 26.0 Å². The first kappa shape index (κ1) is 22.9. The van der Waals surface area contributed by atoms with Crippen molar-refractivity contribution >= 4 is 19.9 Å². The molecule has 5 N–H and O–H groups in total. The van der Waals surface area contributed by atoms with Crippen molar-refractivity contribution < 1.29 is 26.3 Å². The van der Waals surface area contributed by atoms with Crippen molar-refractivity contribution in [2.45, 2.75) is 55.6 Å². The molecule has 0 aliphatic carbocycles. The molecule has 0 spiro atoms. The molecule has 2 rings (SSSR count). The third-order valence-corrected chi connectivity index (χ3v) is 8.95. The molecule has 2 saturated heterocycles. The molecule has 4 atom stereocenters. The Hall–Kier alpha value is -0.380. The number of piperidine rings is 1. The Balaban J connectivity index is 1.95. The van der Waals surface area contributed by atoms with Crippen molar-refractivity contribution in [3.8, 4) is 0 Å². The van der Waals surface area contributed by atoms with E-state index in [4.69, 9.17) is 9.47 Å². The SMILES string of the molecule is CCS(=O)(=O)C1CCCNC1S(=O)(=O)NCNC1NC(OC)CC(OC)N1. The van der Waals surface area contributed by atoms with Gasteiger partial charge in [0.25, 0.3) is 0 Å². The van der Waals surface area contributed by atoms with Crippen molar-refractivity contribution in [2.75, 3.05) is 33.2 Å². The summed E-state index contributed by atoms with van der Waals surface area (Å²) in [7, 11) is -4.23. The van der Waals surface area contributed by atoms with E-state index in [0.29, 0.717) is 25.8 Å². The van der Waals surface area contributed by atoms with Gasteiger partial charge in [0, 0.05) is 26.4 Å². The average molecular weight is 430 g/mol. The standard InChI is InChI=1S/C14H31N5O6S2/c1-4-26(20,21)10-6-5-7-15-13(10)27(22,23)17-9-16-14-18-11(24-2)8-12(19-14)25-3/h10-19H,4-9H2,1-3H3. The Morgan fingerprint density at radius 2 is 1.70 bits per heavy atom. The molecule has 160 valence electrons. The number of hydrogen-bond donors (Lipinski definition) is 5. The summed E-state index contributed by atoms with van der Waals surface area (Å²) in [5.74, 6) is -0.0870. The van der Waals surface area contributed by atoms with E-state index in [1.165, 1.54) is 6.92 Å². The van der Waals surface area contributed by atoms with E-state index in [1.54, 1.807) is 14.2 Å². The van der Waals surface area contributed by atoms with Crippen LogP contribution in [0, 0.1) is 0 Å². The van der Waals surface area contributed by atoms with Crippen molar-refractivity contribution in [1.29, 1.82) is 0 Å². The van der Waals surface area contributed by atoms with Crippen LogP contribution in [0.15, 0.2) is 0 Å². The quantitative estimate of drug-likeness (QED) is 0.255. The van der Waals surface area contributed by atoms with E-state index in [-0.39, 0.29) is 24.9 Å². The summed E-state index contributed by atoms with van der Waals surface area (Å²) in [4.78, 5) is 0. The molecule has 2 fully saturated rings. The number of nitrogens with one attached hydrogen (secondary N) is 5. The van der Waals surface area contributed by atoms with Gasteiger partial charge >= 0.3 is 0 Å². The predicted octanol–water partition coefficient (Wildman–Crippen LogP) is -2.22. The molecule has 0 aromatic carbocycles. The van der Waals surface area contributed by atoms with Crippen LogP contribution in [-0.4, -0.2) is 79.4 Å². The summed E-state index contributed by atoms with van der Waals surface area (Å²) < 4.78 is 62.9. The van der Waals surface area contributed by atoms with Gasteiger partial charge in [-0.05, 0) is 19.4 Å². The molecule has 0 aromatic rings. The first-order chi connectivity index (χ1) is 12.7. The van der Waals surface area contributed by atoms with Gasteiger partial charge in [-0.3, -0.25) is 21.3 Å². The Labute approximate surface area is 161 Å². The minimum Gasteiger partial charge on any atom is -0.366 e. The summed E-state index contributed by atoms with van der Waals surface area (Å²) in [6, 6.07) is 0. The van der Waals surface area contributed by atoms with E-state index in [9.17, 15) is 16.8 Å². The number of sulfonamides is 1. The molecule has 0 radical (unpaired) electrons. The molecule has 2 aliphatic heterocycles. The fourth-order valence-electron chi connectivity index (χ4n) is 3.25. The van der Waals surface area contributed by atoms with Crippen LogP contribution < -0.4 is 26.0 Å². The summed E-state index contributed by atoms with van der Waals surface area (Å²) in [5.41, 5.74) is 0. The molecule has 0 amide bonds. The van der Waals surface area contributed by atoms with Gasteiger partial charge < -0.3 is 9.47 Å². The lowest BCUT2D eigenvalue weighted by Crippen LogP contribution is -2.66. The normalized spacial score (nSPS) is 33.1. The van der Waals surface area contributed by atoms with E-state index < -0.39 is 36.8 Å². The number of rotatable bonds is 9. The third kappa shape index (κ3) is 6.05. The second kappa shape index (κ2) is 9.89. The lowest BCUT2D eigenvalue weighted by Gasteiger charge is -2.36. The second-order valence-corrected chi connectivity index (χ2v) is 10.9. The van der Waals surface area contributed by atoms with Crippen LogP contribution in [0.1, 0.15) is 26.2 Å². The topological polar surface area (TPSA) is 147 Å². The van der Waals surface area contributed by atoms with Gasteiger partial charge in [0.2, 0.25) is 10.0 Å². The molecular formula is C14H31N5O6S2. The minimum absolute atomic E-state index is 0.0864. The van der Waals surface area contributed by atoms with Crippen LogP contribution in [0.2, 0.25) is 0 Å². The van der Waals surface area contributed by atoms with Gasteiger partial charge in [0.05, 0.1) is 11.9 Å².